The Morgan fingerprint density at radius 2 is 1.79 bits per heavy atom. The number of hydrogen-bond acceptors (Lipinski definition) is 7. The molecular formula is C20H18N4O2S3. The van der Waals surface area contributed by atoms with Crippen LogP contribution in [0.1, 0.15) is 5.01 Å². The standard InChI is InChI=1S/C20H18N4O2S3/c1-24(13-19-21-11-12-27-19)29(25,26)17-9-7-16(8-10-17)22-20-23-18(14-28-20)15-5-3-2-4-6-15/h2-12,14H,13H2,1H3,(H,22,23). The van der Waals surface area contributed by atoms with E-state index < -0.39 is 10.0 Å². The van der Waals surface area contributed by atoms with Gasteiger partial charge >= 0.3 is 0 Å². The van der Waals surface area contributed by atoms with E-state index in [1.165, 1.54) is 27.0 Å². The summed E-state index contributed by atoms with van der Waals surface area (Å²) in [6.07, 6.45) is 1.67. The minimum Gasteiger partial charge on any atom is -0.332 e. The Balaban J connectivity index is 1.46. The summed E-state index contributed by atoms with van der Waals surface area (Å²) < 4.78 is 26.8. The third-order valence-corrected chi connectivity index (χ3v) is 7.57. The molecule has 0 radical (unpaired) electrons. The minimum atomic E-state index is -3.58. The smallest absolute Gasteiger partial charge is 0.243 e. The van der Waals surface area contributed by atoms with Crippen LogP contribution in [0.25, 0.3) is 11.3 Å². The Labute approximate surface area is 177 Å². The highest BCUT2D eigenvalue weighted by Crippen LogP contribution is 2.28. The van der Waals surface area contributed by atoms with Crippen LogP contribution in [0, 0.1) is 0 Å². The topological polar surface area (TPSA) is 75.2 Å². The number of anilines is 2. The fourth-order valence-electron chi connectivity index (χ4n) is 2.69. The maximum absolute atomic E-state index is 12.8. The van der Waals surface area contributed by atoms with Crippen molar-refractivity contribution >= 4 is 43.5 Å². The number of rotatable bonds is 7. The zero-order valence-corrected chi connectivity index (χ0v) is 18.0. The van der Waals surface area contributed by atoms with Crippen molar-refractivity contribution in [1.82, 2.24) is 14.3 Å². The van der Waals surface area contributed by atoms with Gasteiger partial charge in [0.25, 0.3) is 0 Å². The maximum Gasteiger partial charge on any atom is 0.243 e. The number of sulfonamides is 1. The summed E-state index contributed by atoms with van der Waals surface area (Å²) in [5.41, 5.74) is 2.74. The van der Waals surface area contributed by atoms with Crippen LogP contribution in [-0.2, 0) is 16.6 Å². The first kappa shape index (κ1) is 19.7. The van der Waals surface area contributed by atoms with E-state index in [0.29, 0.717) is 0 Å². The van der Waals surface area contributed by atoms with Crippen molar-refractivity contribution in [1.29, 1.82) is 0 Å². The average Bonchev–Trinajstić information content (AvgIpc) is 3.41. The molecular weight excluding hydrogens is 424 g/mol. The molecule has 29 heavy (non-hydrogen) atoms. The van der Waals surface area contributed by atoms with Gasteiger partial charge < -0.3 is 5.32 Å². The van der Waals surface area contributed by atoms with E-state index in [1.54, 1.807) is 37.5 Å². The Morgan fingerprint density at radius 3 is 2.48 bits per heavy atom. The van der Waals surface area contributed by atoms with E-state index in [1.807, 2.05) is 41.1 Å². The van der Waals surface area contributed by atoms with Gasteiger partial charge in [-0.05, 0) is 24.3 Å². The normalized spacial score (nSPS) is 11.7. The number of benzene rings is 2. The summed E-state index contributed by atoms with van der Waals surface area (Å²) in [5, 5.41) is 8.56. The van der Waals surface area contributed by atoms with E-state index in [0.717, 1.165) is 27.1 Å². The van der Waals surface area contributed by atoms with E-state index in [4.69, 9.17) is 0 Å². The third-order valence-electron chi connectivity index (χ3n) is 4.23. The molecule has 0 fully saturated rings. The molecule has 0 unspecified atom stereocenters. The van der Waals surface area contributed by atoms with Crippen LogP contribution in [0.5, 0.6) is 0 Å². The minimum absolute atomic E-state index is 0.242. The predicted molar refractivity (Wildman–Crippen MR) is 118 cm³/mol. The molecule has 0 aliphatic rings. The van der Waals surface area contributed by atoms with Gasteiger partial charge in [0.2, 0.25) is 10.0 Å². The Hall–Kier alpha value is -2.59. The molecule has 0 saturated heterocycles. The first-order chi connectivity index (χ1) is 14.0. The molecule has 0 saturated carbocycles. The molecule has 0 spiro atoms. The first-order valence-electron chi connectivity index (χ1n) is 8.75. The van der Waals surface area contributed by atoms with Crippen LogP contribution < -0.4 is 5.32 Å². The third kappa shape index (κ3) is 4.54. The fourth-order valence-corrected chi connectivity index (χ4v) is 5.32. The largest absolute Gasteiger partial charge is 0.332 e. The Morgan fingerprint density at radius 1 is 1.03 bits per heavy atom. The van der Waals surface area contributed by atoms with E-state index in [9.17, 15) is 8.42 Å². The summed E-state index contributed by atoms with van der Waals surface area (Å²) in [6, 6.07) is 16.6. The Bertz CT molecular complexity index is 1170. The molecule has 0 bridgehead atoms. The second-order valence-corrected chi connectivity index (χ2v) is 10.1. The van der Waals surface area contributed by atoms with Crippen molar-refractivity contribution in [2.24, 2.45) is 0 Å². The molecule has 2 aromatic heterocycles. The van der Waals surface area contributed by atoms with Crippen molar-refractivity contribution in [3.8, 4) is 11.3 Å². The summed E-state index contributed by atoms with van der Waals surface area (Å²) >= 11 is 2.94. The molecule has 4 aromatic rings. The van der Waals surface area contributed by atoms with Crippen LogP contribution in [0.4, 0.5) is 10.8 Å². The highest BCUT2D eigenvalue weighted by Gasteiger charge is 2.21. The van der Waals surface area contributed by atoms with E-state index in [-0.39, 0.29) is 11.4 Å². The van der Waals surface area contributed by atoms with Gasteiger partial charge in [0.1, 0.15) is 5.01 Å². The molecule has 2 aromatic carbocycles. The molecule has 0 atom stereocenters. The van der Waals surface area contributed by atoms with Crippen molar-refractivity contribution in [3.63, 3.8) is 0 Å². The summed E-state index contributed by atoms with van der Waals surface area (Å²) in [6.45, 7) is 0.251. The molecule has 2 heterocycles. The number of hydrogen-bond donors (Lipinski definition) is 1. The van der Waals surface area contributed by atoms with Gasteiger partial charge in [-0.25, -0.2) is 18.4 Å². The van der Waals surface area contributed by atoms with Crippen LogP contribution in [-0.4, -0.2) is 29.7 Å². The second-order valence-electron chi connectivity index (χ2n) is 6.24. The summed E-state index contributed by atoms with van der Waals surface area (Å²) in [7, 11) is -2.02. The van der Waals surface area contributed by atoms with Crippen LogP contribution in [0.3, 0.4) is 0 Å². The van der Waals surface area contributed by atoms with Gasteiger partial charge in [0.15, 0.2) is 5.13 Å². The average molecular weight is 443 g/mol. The lowest BCUT2D eigenvalue weighted by Gasteiger charge is -2.16. The molecule has 9 heteroatoms. The first-order valence-corrected chi connectivity index (χ1v) is 11.9. The van der Waals surface area contributed by atoms with Crippen LogP contribution in [0.15, 0.2) is 76.4 Å². The maximum atomic E-state index is 12.8. The van der Waals surface area contributed by atoms with Gasteiger partial charge in [-0.15, -0.1) is 22.7 Å². The van der Waals surface area contributed by atoms with Crippen molar-refractivity contribution in [3.05, 3.63) is 76.6 Å². The zero-order valence-electron chi connectivity index (χ0n) is 15.5. The zero-order chi connectivity index (χ0) is 20.3. The van der Waals surface area contributed by atoms with E-state index in [2.05, 4.69) is 15.3 Å². The number of aromatic nitrogens is 2. The number of nitrogens with zero attached hydrogens (tertiary/aromatic N) is 3. The number of thiazole rings is 2. The molecule has 0 aliphatic carbocycles. The lowest BCUT2D eigenvalue weighted by molar-refractivity contribution is 0.466. The van der Waals surface area contributed by atoms with Gasteiger partial charge in [0.05, 0.1) is 17.1 Å². The van der Waals surface area contributed by atoms with Gasteiger partial charge in [-0.2, -0.15) is 4.31 Å². The van der Waals surface area contributed by atoms with Crippen molar-refractivity contribution in [2.75, 3.05) is 12.4 Å². The molecule has 6 nitrogen and oxygen atoms in total. The predicted octanol–water partition coefficient (Wildman–Crippen LogP) is 4.83. The highest BCUT2D eigenvalue weighted by atomic mass is 32.2. The SMILES string of the molecule is CN(Cc1nccs1)S(=O)(=O)c1ccc(Nc2nc(-c3ccccc3)cs2)cc1. The molecule has 148 valence electrons. The monoisotopic (exact) mass is 442 g/mol. The van der Waals surface area contributed by atoms with Crippen LogP contribution >= 0.6 is 22.7 Å². The lowest BCUT2D eigenvalue weighted by atomic mass is 10.2. The Kier molecular flexibility index (Phi) is 5.72. The quantitative estimate of drug-likeness (QED) is 0.444. The van der Waals surface area contributed by atoms with Gasteiger partial charge in [-0.3, -0.25) is 0 Å². The van der Waals surface area contributed by atoms with Crippen molar-refractivity contribution < 1.29 is 8.42 Å². The molecule has 0 aliphatic heterocycles. The molecule has 1 N–H and O–H groups in total. The summed E-state index contributed by atoms with van der Waals surface area (Å²) in [5.74, 6) is 0. The van der Waals surface area contributed by atoms with Gasteiger partial charge in [-0.1, -0.05) is 30.3 Å². The number of nitrogens with one attached hydrogen (secondary N) is 1. The highest BCUT2D eigenvalue weighted by molar-refractivity contribution is 7.89. The van der Waals surface area contributed by atoms with E-state index >= 15 is 0 Å². The van der Waals surface area contributed by atoms with Crippen molar-refractivity contribution in [2.45, 2.75) is 11.4 Å². The lowest BCUT2D eigenvalue weighted by Crippen LogP contribution is -2.26. The molecule has 0 amide bonds. The second kappa shape index (κ2) is 8.42. The van der Waals surface area contributed by atoms with Gasteiger partial charge in [0, 0.05) is 35.3 Å². The summed E-state index contributed by atoms with van der Waals surface area (Å²) in [4.78, 5) is 8.98. The van der Waals surface area contributed by atoms with Crippen LogP contribution in [0.2, 0.25) is 0 Å². The fraction of sp³-hybridized carbons (Fsp3) is 0.100. The molecule has 4 rings (SSSR count).